The zero-order valence-corrected chi connectivity index (χ0v) is 8.68. The molecule has 2 heterocycles. The van der Waals surface area contributed by atoms with Gasteiger partial charge in [-0.05, 0) is 25.8 Å². The van der Waals surface area contributed by atoms with Gasteiger partial charge in [-0.3, -0.25) is 5.32 Å². The normalized spacial score (nSPS) is 25.5. The minimum absolute atomic E-state index is 0.198. The highest BCUT2D eigenvalue weighted by molar-refractivity contribution is 5.03. The lowest BCUT2D eigenvalue weighted by Crippen LogP contribution is -2.33. The number of aromatic nitrogens is 2. The molecule has 1 unspecified atom stereocenters. The Morgan fingerprint density at radius 3 is 3.13 bits per heavy atom. The first-order chi connectivity index (χ1) is 7.24. The second-order valence-corrected chi connectivity index (χ2v) is 3.75. The van der Waals surface area contributed by atoms with Gasteiger partial charge in [0.25, 0.3) is 0 Å². The predicted octanol–water partition coefficient (Wildman–Crippen LogP) is 0.234. The number of nitrogens with one attached hydrogen (secondary N) is 1. The fourth-order valence-corrected chi connectivity index (χ4v) is 1.60. The summed E-state index contributed by atoms with van der Waals surface area (Å²) in [5.74, 6) is 0. The Balaban J connectivity index is 1.83. The van der Waals surface area contributed by atoms with E-state index in [1.54, 1.807) is 6.20 Å². The summed E-state index contributed by atoms with van der Waals surface area (Å²) in [6.07, 6.45) is 2.99. The van der Waals surface area contributed by atoms with E-state index in [2.05, 4.69) is 15.3 Å². The maximum Gasteiger partial charge on any atom is 0.316 e. The van der Waals surface area contributed by atoms with Crippen LogP contribution in [-0.4, -0.2) is 34.0 Å². The lowest BCUT2D eigenvalue weighted by atomic mass is 10.2. The van der Waals surface area contributed by atoms with E-state index in [0.29, 0.717) is 12.6 Å². The Morgan fingerprint density at radius 2 is 2.47 bits per heavy atom. The minimum atomic E-state index is -0.392. The molecule has 1 aromatic rings. The summed E-state index contributed by atoms with van der Waals surface area (Å²) >= 11 is 0. The molecule has 1 saturated heterocycles. The monoisotopic (exact) mass is 209 g/mol. The lowest BCUT2D eigenvalue weighted by molar-refractivity contribution is 0.146. The van der Waals surface area contributed by atoms with Crippen LogP contribution in [0.3, 0.4) is 0 Å². The fourth-order valence-electron chi connectivity index (χ4n) is 1.60. The van der Waals surface area contributed by atoms with Crippen molar-refractivity contribution in [1.82, 2.24) is 15.3 Å². The molecule has 0 amide bonds. The van der Waals surface area contributed by atoms with Crippen molar-refractivity contribution in [2.45, 2.75) is 32.0 Å². The van der Waals surface area contributed by atoms with E-state index in [1.165, 1.54) is 0 Å². The van der Waals surface area contributed by atoms with Gasteiger partial charge < -0.3 is 9.84 Å². The third kappa shape index (κ3) is 2.87. The number of aryl methyl sites for hydroxylation is 1. The van der Waals surface area contributed by atoms with Crippen LogP contribution < -0.4 is 10.1 Å². The average Bonchev–Trinajstić information content (AvgIpc) is 2.62. The molecular formula is C10H15N3O2. The molecule has 0 saturated carbocycles. The fraction of sp³-hybridized carbons (Fsp3) is 0.600. The zero-order valence-electron chi connectivity index (χ0n) is 8.68. The Kier molecular flexibility index (Phi) is 3.13. The number of aliphatic hydroxyl groups excluding tert-OH is 1. The predicted molar refractivity (Wildman–Crippen MR) is 54.4 cm³/mol. The summed E-state index contributed by atoms with van der Waals surface area (Å²) in [6, 6.07) is 2.42. The van der Waals surface area contributed by atoms with Gasteiger partial charge in [0.2, 0.25) is 0 Å². The quantitative estimate of drug-likeness (QED) is 0.746. The standard InChI is InChI=1S/C10H15N3O2/c1-7-4-5-11-10(12-7)15-6-8-2-3-9(14)13-8/h4-5,8-9,13-14H,2-3,6H2,1H3/t8-,9?/m0/s1. The number of ether oxygens (including phenoxy) is 1. The van der Waals surface area contributed by atoms with Crippen molar-refractivity contribution < 1.29 is 9.84 Å². The highest BCUT2D eigenvalue weighted by Crippen LogP contribution is 2.11. The van der Waals surface area contributed by atoms with Crippen molar-refractivity contribution in [2.75, 3.05) is 6.61 Å². The largest absolute Gasteiger partial charge is 0.462 e. The van der Waals surface area contributed by atoms with Crippen LogP contribution in [0.1, 0.15) is 18.5 Å². The molecule has 5 heteroatoms. The molecule has 82 valence electrons. The van der Waals surface area contributed by atoms with E-state index in [0.717, 1.165) is 18.5 Å². The number of aliphatic hydroxyl groups is 1. The van der Waals surface area contributed by atoms with E-state index >= 15 is 0 Å². The molecule has 1 aliphatic rings. The van der Waals surface area contributed by atoms with Gasteiger partial charge in [0, 0.05) is 17.9 Å². The van der Waals surface area contributed by atoms with E-state index in [4.69, 9.17) is 4.74 Å². The molecule has 1 aromatic heterocycles. The highest BCUT2D eigenvalue weighted by atomic mass is 16.5. The van der Waals surface area contributed by atoms with Crippen LogP contribution in [0.5, 0.6) is 6.01 Å². The Bertz CT molecular complexity index is 332. The average molecular weight is 209 g/mol. The third-order valence-corrected chi connectivity index (χ3v) is 2.40. The maximum atomic E-state index is 9.24. The minimum Gasteiger partial charge on any atom is -0.462 e. The number of nitrogens with zero attached hydrogens (tertiary/aromatic N) is 2. The summed E-state index contributed by atoms with van der Waals surface area (Å²) in [4.78, 5) is 8.13. The van der Waals surface area contributed by atoms with Crippen LogP contribution in [0.25, 0.3) is 0 Å². The molecule has 5 nitrogen and oxygen atoms in total. The highest BCUT2D eigenvalue weighted by Gasteiger charge is 2.22. The maximum absolute atomic E-state index is 9.24. The van der Waals surface area contributed by atoms with Crippen LogP contribution in [0.2, 0.25) is 0 Å². The Hall–Kier alpha value is -1.20. The summed E-state index contributed by atoms with van der Waals surface area (Å²) in [5, 5.41) is 12.3. The van der Waals surface area contributed by atoms with Crippen molar-refractivity contribution in [2.24, 2.45) is 0 Å². The van der Waals surface area contributed by atoms with Crippen molar-refractivity contribution in [3.63, 3.8) is 0 Å². The summed E-state index contributed by atoms with van der Waals surface area (Å²) in [5.41, 5.74) is 0.888. The second kappa shape index (κ2) is 4.55. The van der Waals surface area contributed by atoms with Crippen molar-refractivity contribution in [1.29, 1.82) is 0 Å². The SMILES string of the molecule is Cc1ccnc(OC[C@@H]2CCC(O)N2)n1. The molecule has 2 N–H and O–H groups in total. The van der Waals surface area contributed by atoms with Gasteiger partial charge in [-0.2, -0.15) is 0 Å². The van der Waals surface area contributed by atoms with Gasteiger partial charge >= 0.3 is 6.01 Å². The number of rotatable bonds is 3. The van der Waals surface area contributed by atoms with Gasteiger partial charge in [-0.25, -0.2) is 9.97 Å². The van der Waals surface area contributed by atoms with E-state index < -0.39 is 6.23 Å². The molecule has 15 heavy (non-hydrogen) atoms. The van der Waals surface area contributed by atoms with Crippen molar-refractivity contribution in [3.8, 4) is 6.01 Å². The van der Waals surface area contributed by atoms with Crippen LogP contribution in [0.15, 0.2) is 12.3 Å². The van der Waals surface area contributed by atoms with Gasteiger partial charge in [0.1, 0.15) is 12.8 Å². The zero-order chi connectivity index (χ0) is 10.7. The van der Waals surface area contributed by atoms with E-state index in [9.17, 15) is 5.11 Å². The molecule has 0 radical (unpaired) electrons. The van der Waals surface area contributed by atoms with Crippen LogP contribution in [0, 0.1) is 6.92 Å². The van der Waals surface area contributed by atoms with Gasteiger partial charge in [-0.15, -0.1) is 0 Å². The smallest absolute Gasteiger partial charge is 0.316 e. The molecule has 2 rings (SSSR count). The van der Waals surface area contributed by atoms with Gasteiger partial charge in [-0.1, -0.05) is 0 Å². The van der Waals surface area contributed by atoms with Gasteiger partial charge in [0.05, 0.1) is 0 Å². The lowest BCUT2D eigenvalue weighted by Gasteiger charge is -2.11. The van der Waals surface area contributed by atoms with E-state index in [-0.39, 0.29) is 6.04 Å². The molecular weight excluding hydrogens is 194 g/mol. The summed E-state index contributed by atoms with van der Waals surface area (Å²) < 4.78 is 5.42. The van der Waals surface area contributed by atoms with Crippen LogP contribution in [0.4, 0.5) is 0 Å². The topological polar surface area (TPSA) is 67.3 Å². The van der Waals surface area contributed by atoms with Crippen molar-refractivity contribution in [3.05, 3.63) is 18.0 Å². The summed E-state index contributed by atoms with van der Waals surface area (Å²) in [6.45, 7) is 2.40. The molecule has 1 fully saturated rings. The molecule has 0 aromatic carbocycles. The molecule has 2 atom stereocenters. The van der Waals surface area contributed by atoms with Gasteiger partial charge in [0.15, 0.2) is 0 Å². The van der Waals surface area contributed by atoms with Crippen LogP contribution in [-0.2, 0) is 0 Å². The first-order valence-electron chi connectivity index (χ1n) is 5.10. The van der Waals surface area contributed by atoms with E-state index in [1.807, 2.05) is 13.0 Å². The number of hydrogen-bond acceptors (Lipinski definition) is 5. The number of hydrogen-bond donors (Lipinski definition) is 2. The molecule has 0 aliphatic carbocycles. The van der Waals surface area contributed by atoms with Crippen LogP contribution >= 0.6 is 0 Å². The Morgan fingerprint density at radius 1 is 1.60 bits per heavy atom. The first kappa shape index (κ1) is 10.3. The van der Waals surface area contributed by atoms with Crippen molar-refractivity contribution >= 4 is 0 Å². The first-order valence-corrected chi connectivity index (χ1v) is 5.10. The molecule has 0 spiro atoms. The second-order valence-electron chi connectivity index (χ2n) is 3.75. The summed E-state index contributed by atoms with van der Waals surface area (Å²) in [7, 11) is 0. The third-order valence-electron chi connectivity index (χ3n) is 2.40. The Labute approximate surface area is 88.5 Å². The molecule has 1 aliphatic heterocycles. The molecule has 0 bridgehead atoms.